The molecule has 1 aromatic rings. The number of aromatic nitrogens is 1. The van der Waals surface area contributed by atoms with E-state index in [1.54, 1.807) is 12.3 Å². The molecule has 4 heteroatoms. The van der Waals surface area contributed by atoms with Crippen molar-refractivity contribution in [1.29, 1.82) is 0 Å². The predicted octanol–water partition coefficient (Wildman–Crippen LogP) is 3.18. The van der Waals surface area contributed by atoms with Gasteiger partial charge in [-0.3, -0.25) is 0 Å². The summed E-state index contributed by atoms with van der Waals surface area (Å²) in [4.78, 5) is 4.14. The van der Waals surface area contributed by atoms with Gasteiger partial charge in [0.1, 0.15) is 4.60 Å². The topological polar surface area (TPSA) is 38.9 Å². The molecule has 0 spiro atoms. The quantitative estimate of drug-likeness (QED) is 0.688. The minimum Gasteiger partial charge on any atom is -0.324 e. The van der Waals surface area contributed by atoms with E-state index in [1.165, 1.54) is 0 Å². The van der Waals surface area contributed by atoms with Crippen LogP contribution in [-0.4, -0.2) is 4.98 Å². The fourth-order valence-corrected chi connectivity index (χ4v) is 1.54. The summed E-state index contributed by atoms with van der Waals surface area (Å²) >= 11 is 6.67. The molecule has 70 valence electrons. The molecule has 1 atom stereocenters. The molecule has 0 aromatic carbocycles. The molecule has 0 aliphatic rings. The molecule has 2 nitrogen and oxygen atoms in total. The molecule has 0 bridgehead atoms. The monoisotopic (exact) mass is 304 g/mol. The molecule has 0 fully saturated rings. The van der Waals surface area contributed by atoms with Gasteiger partial charge >= 0.3 is 0 Å². The minimum absolute atomic E-state index is 0.0191. The first-order valence-corrected chi connectivity index (χ1v) is 5.41. The van der Waals surface area contributed by atoms with Crippen molar-refractivity contribution < 1.29 is 0 Å². The van der Waals surface area contributed by atoms with Gasteiger partial charge in [0.2, 0.25) is 0 Å². The number of halogens is 2. The highest BCUT2D eigenvalue weighted by molar-refractivity contribution is 9.13. The number of rotatable bonds is 3. The summed E-state index contributed by atoms with van der Waals surface area (Å²) in [6, 6.07) is 1.94. The summed E-state index contributed by atoms with van der Waals surface area (Å²) in [7, 11) is 0. The van der Waals surface area contributed by atoms with Crippen molar-refractivity contribution in [3.63, 3.8) is 0 Å². The number of pyridine rings is 1. The fraction of sp³-hybridized carbons (Fsp3) is 0.222. The Hall–Kier alpha value is -0.190. The van der Waals surface area contributed by atoms with E-state index in [9.17, 15) is 0 Å². The van der Waals surface area contributed by atoms with Crippen LogP contribution in [0.25, 0.3) is 0 Å². The summed E-state index contributed by atoms with van der Waals surface area (Å²) in [6.45, 7) is 3.64. The molecule has 1 heterocycles. The lowest BCUT2D eigenvalue weighted by Crippen LogP contribution is -2.09. The standard InChI is InChI=1S/C9H10Br2N2/c1-2-3-8(12)6-4-7(10)9(11)13-5-6/h2,4-5,8H,1,3,12H2/t8-/m0/s1. The van der Waals surface area contributed by atoms with Crippen molar-refractivity contribution in [2.45, 2.75) is 12.5 Å². The fourth-order valence-electron chi connectivity index (χ4n) is 0.954. The summed E-state index contributed by atoms with van der Waals surface area (Å²) in [5, 5.41) is 0. The van der Waals surface area contributed by atoms with Gasteiger partial charge in [0.15, 0.2) is 0 Å². The van der Waals surface area contributed by atoms with Crippen molar-refractivity contribution in [3.05, 3.63) is 39.6 Å². The lowest BCUT2D eigenvalue weighted by molar-refractivity contribution is 0.736. The highest BCUT2D eigenvalue weighted by Gasteiger charge is 2.06. The van der Waals surface area contributed by atoms with Crippen molar-refractivity contribution in [1.82, 2.24) is 4.98 Å². The van der Waals surface area contributed by atoms with Crippen LogP contribution in [0.4, 0.5) is 0 Å². The van der Waals surface area contributed by atoms with Crippen molar-refractivity contribution in [2.75, 3.05) is 0 Å². The smallest absolute Gasteiger partial charge is 0.120 e. The van der Waals surface area contributed by atoms with Crippen LogP contribution in [0, 0.1) is 0 Å². The predicted molar refractivity (Wildman–Crippen MR) is 61.4 cm³/mol. The average molecular weight is 306 g/mol. The van der Waals surface area contributed by atoms with Crippen molar-refractivity contribution in [2.24, 2.45) is 5.73 Å². The van der Waals surface area contributed by atoms with Crippen LogP contribution in [0.2, 0.25) is 0 Å². The van der Waals surface area contributed by atoms with E-state index in [0.29, 0.717) is 0 Å². The molecule has 0 saturated heterocycles. The van der Waals surface area contributed by atoms with Gasteiger partial charge in [-0.05, 0) is 49.9 Å². The second-order valence-corrected chi connectivity index (χ2v) is 4.28. The third kappa shape index (κ3) is 2.90. The molecule has 0 radical (unpaired) electrons. The molecule has 2 N–H and O–H groups in total. The maximum Gasteiger partial charge on any atom is 0.120 e. The normalized spacial score (nSPS) is 12.5. The Bertz CT molecular complexity index is 312. The van der Waals surface area contributed by atoms with E-state index < -0.39 is 0 Å². The Labute approximate surface area is 94.5 Å². The zero-order valence-corrected chi connectivity index (χ0v) is 10.2. The van der Waals surface area contributed by atoms with Crippen LogP contribution in [-0.2, 0) is 0 Å². The van der Waals surface area contributed by atoms with E-state index in [-0.39, 0.29) is 6.04 Å². The summed E-state index contributed by atoms with van der Waals surface area (Å²) in [5.74, 6) is 0. The van der Waals surface area contributed by atoms with Gasteiger partial charge in [0.05, 0.1) is 4.47 Å². The Morgan fingerprint density at radius 3 is 2.85 bits per heavy atom. The minimum atomic E-state index is -0.0191. The Kier molecular flexibility index (Phi) is 4.09. The Balaban J connectivity index is 2.89. The average Bonchev–Trinajstić information content (AvgIpc) is 2.10. The first kappa shape index (κ1) is 10.9. The SMILES string of the molecule is C=CC[C@H](N)c1cnc(Br)c(Br)c1. The van der Waals surface area contributed by atoms with Gasteiger partial charge in [0, 0.05) is 12.2 Å². The third-order valence-electron chi connectivity index (χ3n) is 1.67. The number of hydrogen-bond donors (Lipinski definition) is 1. The van der Waals surface area contributed by atoms with E-state index >= 15 is 0 Å². The lowest BCUT2D eigenvalue weighted by Gasteiger charge is -2.09. The highest BCUT2D eigenvalue weighted by atomic mass is 79.9. The molecule has 0 aliphatic heterocycles. The van der Waals surface area contributed by atoms with Gasteiger partial charge in [-0.2, -0.15) is 0 Å². The first-order chi connectivity index (χ1) is 6.15. The van der Waals surface area contributed by atoms with Crippen molar-refractivity contribution >= 4 is 31.9 Å². The molecule has 1 rings (SSSR count). The van der Waals surface area contributed by atoms with Crippen molar-refractivity contribution in [3.8, 4) is 0 Å². The maximum atomic E-state index is 5.88. The summed E-state index contributed by atoms with van der Waals surface area (Å²) in [5.41, 5.74) is 6.89. The second kappa shape index (κ2) is 4.88. The molecule has 0 saturated carbocycles. The van der Waals surface area contributed by atoms with Crippen LogP contribution >= 0.6 is 31.9 Å². The second-order valence-electron chi connectivity index (χ2n) is 2.67. The maximum absolute atomic E-state index is 5.88. The van der Waals surface area contributed by atoms with Gasteiger partial charge < -0.3 is 5.73 Å². The molecule has 0 amide bonds. The van der Waals surface area contributed by atoms with Gasteiger partial charge in [-0.15, -0.1) is 6.58 Å². The summed E-state index contributed by atoms with van der Waals surface area (Å²) in [6.07, 6.45) is 4.33. The van der Waals surface area contributed by atoms with Crippen LogP contribution in [0.3, 0.4) is 0 Å². The van der Waals surface area contributed by atoms with E-state index in [0.717, 1.165) is 21.1 Å². The summed E-state index contributed by atoms with van der Waals surface area (Å²) < 4.78 is 1.71. The number of nitrogens with zero attached hydrogens (tertiary/aromatic N) is 1. The largest absolute Gasteiger partial charge is 0.324 e. The molecular weight excluding hydrogens is 296 g/mol. The van der Waals surface area contributed by atoms with E-state index in [2.05, 4.69) is 43.4 Å². The third-order valence-corrected chi connectivity index (χ3v) is 3.43. The zero-order valence-electron chi connectivity index (χ0n) is 7.00. The van der Waals surface area contributed by atoms with Gasteiger partial charge in [-0.25, -0.2) is 4.98 Å². The zero-order chi connectivity index (χ0) is 9.84. The van der Waals surface area contributed by atoms with Crippen LogP contribution in [0.15, 0.2) is 34.0 Å². The van der Waals surface area contributed by atoms with Gasteiger partial charge in [-0.1, -0.05) is 6.08 Å². The Morgan fingerprint density at radius 2 is 2.31 bits per heavy atom. The molecule has 1 aromatic heterocycles. The van der Waals surface area contributed by atoms with Crippen LogP contribution in [0.1, 0.15) is 18.0 Å². The van der Waals surface area contributed by atoms with Crippen LogP contribution < -0.4 is 5.73 Å². The molecular formula is C9H10Br2N2. The number of nitrogens with two attached hydrogens (primary N) is 1. The first-order valence-electron chi connectivity index (χ1n) is 3.82. The van der Waals surface area contributed by atoms with E-state index in [1.807, 2.05) is 6.07 Å². The van der Waals surface area contributed by atoms with Crippen LogP contribution in [0.5, 0.6) is 0 Å². The molecule has 0 aliphatic carbocycles. The van der Waals surface area contributed by atoms with Gasteiger partial charge in [0.25, 0.3) is 0 Å². The Morgan fingerprint density at radius 1 is 1.62 bits per heavy atom. The highest BCUT2D eigenvalue weighted by Crippen LogP contribution is 2.24. The number of hydrogen-bond acceptors (Lipinski definition) is 2. The lowest BCUT2D eigenvalue weighted by atomic mass is 10.1. The van der Waals surface area contributed by atoms with E-state index in [4.69, 9.17) is 5.73 Å². The molecule has 13 heavy (non-hydrogen) atoms. The molecule has 0 unspecified atom stereocenters.